The van der Waals surface area contributed by atoms with E-state index in [1.165, 1.54) is 43.4 Å². The van der Waals surface area contributed by atoms with Crippen molar-refractivity contribution >= 4 is 28.3 Å². The van der Waals surface area contributed by atoms with Gasteiger partial charge in [0.25, 0.3) is 11.5 Å². The van der Waals surface area contributed by atoms with Crippen LogP contribution in [0, 0.1) is 0 Å². The number of hydrogen-bond donors (Lipinski definition) is 2. The van der Waals surface area contributed by atoms with E-state index in [-0.39, 0.29) is 46.6 Å². The SMILES string of the molecule is CNC(=O)CNC(=O)c1ccc(C2=NOC(c3cc(C(F)(F)F)cc(C(F)(F)F)c3)(C(F)(F)F)C2)c2ccccc12. The molecule has 6 nitrogen and oxygen atoms in total. The van der Waals surface area contributed by atoms with Gasteiger partial charge in [-0.3, -0.25) is 9.59 Å². The van der Waals surface area contributed by atoms with Crippen molar-refractivity contribution < 1.29 is 53.9 Å². The molecule has 3 aromatic rings. The Morgan fingerprint density at radius 1 is 0.878 bits per heavy atom. The van der Waals surface area contributed by atoms with Crippen LogP contribution in [0.1, 0.15) is 39.0 Å². The molecular weight excluding hydrogens is 573 g/mol. The van der Waals surface area contributed by atoms with Gasteiger partial charge < -0.3 is 15.5 Å². The molecule has 1 heterocycles. The van der Waals surface area contributed by atoms with Crippen LogP contribution in [0.25, 0.3) is 10.8 Å². The summed E-state index contributed by atoms with van der Waals surface area (Å²) in [6.45, 7) is -0.364. The van der Waals surface area contributed by atoms with E-state index in [4.69, 9.17) is 4.84 Å². The fraction of sp³-hybridized carbons (Fsp3) is 0.269. The van der Waals surface area contributed by atoms with Gasteiger partial charge in [0.2, 0.25) is 5.91 Å². The molecule has 1 aliphatic rings. The molecule has 0 fully saturated rings. The fourth-order valence-corrected chi connectivity index (χ4v) is 4.33. The van der Waals surface area contributed by atoms with Crippen molar-refractivity contribution in [3.8, 4) is 0 Å². The Hall–Kier alpha value is -4.30. The van der Waals surface area contributed by atoms with Gasteiger partial charge in [0.15, 0.2) is 0 Å². The van der Waals surface area contributed by atoms with Crippen LogP contribution in [0.3, 0.4) is 0 Å². The number of nitrogens with one attached hydrogen (secondary N) is 2. The molecule has 0 saturated carbocycles. The number of benzene rings is 3. The van der Waals surface area contributed by atoms with Crippen LogP contribution < -0.4 is 10.6 Å². The Morgan fingerprint density at radius 3 is 2.00 bits per heavy atom. The average Bonchev–Trinajstić information content (AvgIpc) is 3.36. The lowest BCUT2D eigenvalue weighted by atomic mass is 9.83. The number of hydrogen-bond acceptors (Lipinski definition) is 4. The summed E-state index contributed by atoms with van der Waals surface area (Å²) in [6, 6.07) is 8.00. The number of carbonyl (C=O) groups excluding carboxylic acids is 2. The summed E-state index contributed by atoms with van der Waals surface area (Å²) in [5, 5.41) is 8.58. The summed E-state index contributed by atoms with van der Waals surface area (Å²) in [5.74, 6) is -1.18. The van der Waals surface area contributed by atoms with E-state index in [1.54, 1.807) is 0 Å². The zero-order chi connectivity index (χ0) is 30.4. The molecule has 0 saturated heterocycles. The molecule has 3 aromatic carbocycles. The lowest BCUT2D eigenvalue weighted by molar-refractivity contribution is -0.276. The molecule has 1 aliphatic heterocycles. The van der Waals surface area contributed by atoms with Gasteiger partial charge in [0.05, 0.1) is 23.4 Å². The molecule has 41 heavy (non-hydrogen) atoms. The van der Waals surface area contributed by atoms with Crippen LogP contribution >= 0.6 is 0 Å². The third-order valence-corrected chi connectivity index (χ3v) is 6.41. The van der Waals surface area contributed by atoms with Gasteiger partial charge in [-0.1, -0.05) is 35.5 Å². The average molecular weight is 591 g/mol. The number of rotatable bonds is 5. The molecule has 4 rings (SSSR count). The maximum atomic E-state index is 14.5. The monoisotopic (exact) mass is 591 g/mol. The maximum Gasteiger partial charge on any atom is 0.435 e. The second kappa shape index (κ2) is 10.3. The van der Waals surface area contributed by atoms with Crippen LogP contribution in [0.5, 0.6) is 0 Å². The molecule has 15 heteroatoms. The molecule has 0 spiro atoms. The highest BCUT2D eigenvalue weighted by molar-refractivity contribution is 6.16. The highest BCUT2D eigenvalue weighted by Crippen LogP contribution is 2.51. The van der Waals surface area contributed by atoms with Crippen LogP contribution in [0.15, 0.2) is 59.8 Å². The molecule has 0 aromatic heterocycles. The summed E-state index contributed by atoms with van der Waals surface area (Å²) in [7, 11) is 1.35. The summed E-state index contributed by atoms with van der Waals surface area (Å²) in [5.41, 5.74) is -9.38. The first-order chi connectivity index (χ1) is 19.0. The van der Waals surface area contributed by atoms with Crippen LogP contribution in [-0.4, -0.2) is 37.3 Å². The summed E-state index contributed by atoms with van der Waals surface area (Å²) in [6.07, 6.45) is -17.5. The third kappa shape index (κ3) is 5.65. The van der Waals surface area contributed by atoms with Gasteiger partial charge in [-0.2, -0.15) is 39.5 Å². The Balaban J connectivity index is 1.80. The highest BCUT2D eigenvalue weighted by atomic mass is 19.4. The molecule has 1 unspecified atom stereocenters. The molecule has 0 radical (unpaired) electrons. The minimum atomic E-state index is -5.50. The van der Waals surface area contributed by atoms with E-state index in [0.717, 1.165) is 0 Å². The minimum Gasteiger partial charge on any atom is -0.374 e. The zero-order valence-corrected chi connectivity index (χ0v) is 20.7. The standard InChI is InChI=1S/C26H18F9N3O3/c1-36-21(39)12-37-22(40)19-7-6-18(16-4-2-3-5-17(16)19)20-11-23(41-38-20,26(33,34)35)13-8-14(24(27,28)29)10-15(9-13)25(30,31)32/h2-10H,11-12H2,1H3,(H,36,39)(H,37,40). The predicted octanol–water partition coefficient (Wildman–Crippen LogP) is 5.94. The van der Waals surface area contributed by atoms with Gasteiger partial charge in [-0.15, -0.1) is 0 Å². The van der Waals surface area contributed by atoms with E-state index in [0.29, 0.717) is 0 Å². The third-order valence-electron chi connectivity index (χ3n) is 6.41. The quantitative estimate of drug-likeness (QED) is 0.361. The van der Waals surface area contributed by atoms with Crippen LogP contribution in [-0.2, 0) is 27.6 Å². The second-order valence-electron chi connectivity index (χ2n) is 8.99. The van der Waals surface area contributed by atoms with Crippen molar-refractivity contribution in [3.63, 3.8) is 0 Å². The molecule has 218 valence electrons. The van der Waals surface area contributed by atoms with Gasteiger partial charge in [-0.25, -0.2) is 0 Å². The van der Waals surface area contributed by atoms with Crippen LogP contribution in [0.2, 0.25) is 0 Å². The topological polar surface area (TPSA) is 79.8 Å². The molecule has 0 aliphatic carbocycles. The molecule has 1 atom stereocenters. The van der Waals surface area contributed by atoms with Crippen molar-refractivity contribution in [2.45, 2.75) is 30.6 Å². The van der Waals surface area contributed by atoms with Crippen molar-refractivity contribution in [1.82, 2.24) is 10.6 Å². The van der Waals surface area contributed by atoms with E-state index >= 15 is 0 Å². The first kappa shape index (κ1) is 29.7. The fourth-order valence-electron chi connectivity index (χ4n) is 4.33. The van der Waals surface area contributed by atoms with Gasteiger partial charge >= 0.3 is 18.5 Å². The normalized spacial score (nSPS) is 17.7. The second-order valence-corrected chi connectivity index (χ2v) is 8.99. The number of nitrogens with zero attached hydrogens (tertiary/aromatic N) is 1. The number of likely N-dealkylation sites (N-methyl/N-ethyl adjacent to an activating group) is 1. The molecular formula is C26H18F9N3O3. The summed E-state index contributed by atoms with van der Waals surface area (Å²) in [4.78, 5) is 28.9. The molecule has 2 amide bonds. The van der Waals surface area contributed by atoms with Crippen molar-refractivity contribution in [1.29, 1.82) is 0 Å². The van der Waals surface area contributed by atoms with Crippen molar-refractivity contribution in [3.05, 3.63) is 82.4 Å². The van der Waals surface area contributed by atoms with Crippen molar-refractivity contribution in [2.75, 3.05) is 13.6 Å². The Kier molecular flexibility index (Phi) is 7.43. The number of fused-ring (bicyclic) bond motifs is 1. The molecule has 0 bridgehead atoms. The first-order valence-electron chi connectivity index (χ1n) is 11.6. The van der Waals surface area contributed by atoms with E-state index in [1.807, 2.05) is 0 Å². The smallest absolute Gasteiger partial charge is 0.374 e. The number of halogens is 9. The lowest BCUT2D eigenvalue weighted by Gasteiger charge is -2.30. The van der Waals surface area contributed by atoms with E-state index in [9.17, 15) is 49.1 Å². The Labute approximate surface area is 225 Å². The Bertz CT molecular complexity index is 1510. The van der Waals surface area contributed by atoms with Gasteiger partial charge in [-0.05, 0) is 35.0 Å². The van der Waals surface area contributed by atoms with Crippen molar-refractivity contribution in [2.24, 2.45) is 5.16 Å². The van der Waals surface area contributed by atoms with E-state index < -0.39 is 64.8 Å². The first-order valence-corrected chi connectivity index (χ1v) is 11.6. The lowest BCUT2D eigenvalue weighted by Crippen LogP contribution is -2.43. The largest absolute Gasteiger partial charge is 0.435 e. The van der Waals surface area contributed by atoms with E-state index in [2.05, 4.69) is 15.8 Å². The maximum absolute atomic E-state index is 14.5. The summed E-state index contributed by atoms with van der Waals surface area (Å²) < 4.78 is 124. The Morgan fingerprint density at radius 2 is 1.46 bits per heavy atom. The minimum absolute atomic E-state index is 0.00222. The number of oxime groups is 1. The highest BCUT2D eigenvalue weighted by Gasteiger charge is 2.63. The summed E-state index contributed by atoms with van der Waals surface area (Å²) >= 11 is 0. The molecule has 2 N–H and O–H groups in total. The van der Waals surface area contributed by atoms with Gasteiger partial charge in [0, 0.05) is 30.2 Å². The van der Waals surface area contributed by atoms with Gasteiger partial charge in [0.1, 0.15) is 0 Å². The van der Waals surface area contributed by atoms with Crippen LogP contribution in [0.4, 0.5) is 39.5 Å². The number of amides is 2. The number of carbonyl (C=O) groups is 2. The predicted molar refractivity (Wildman–Crippen MR) is 127 cm³/mol. The zero-order valence-electron chi connectivity index (χ0n) is 20.7. The number of alkyl halides is 9.